The van der Waals surface area contributed by atoms with Crippen molar-refractivity contribution in [1.82, 2.24) is 10.2 Å². The van der Waals surface area contributed by atoms with Crippen LogP contribution in [-0.2, 0) is 17.6 Å². The van der Waals surface area contributed by atoms with Gasteiger partial charge in [0.05, 0.1) is 30.6 Å². The molecule has 8 heteroatoms. The zero-order chi connectivity index (χ0) is 23.7. The fraction of sp³-hybridized carbons (Fsp3) is 0.280. The molecule has 0 bridgehead atoms. The van der Waals surface area contributed by atoms with Gasteiger partial charge in [-0.15, -0.1) is 0 Å². The fourth-order valence-electron chi connectivity index (χ4n) is 4.55. The number of nitrogens with zero attached hydrogens (tertiary/aromatic N) is 1. The van der Waals surface area contributed by atoms with Crippen LogP contribution in [0.5, 0.6) is 11.5 Å². The van der Waals surface area contributed by atoms with Crippen molar-refractivity contribution in [3.05, 3.63) is 69.3 Å². The molecule has 1 aliphatic rings. The Morgan fingerprint density at radius 2 is 2.00 bits per heavy atom. The number of hydrogen-bond acceptors (Lipinski definition) is 4. The van der Waals surface area contributed by atoms with E-state index in [4.69, 9.17) is 32.7 Å². The Hall–Kier alpha value is -2.96. The molecular weight excluding hydrogens is 461 g/mol. The second-order valence-electron chi connectivity index (χ2n) is 7.99. The molecule has 0 spiro atoms. The number of carbonyl (C=O) groups is 1. The Morgan fingerprint density at radius 1 is 1.24 bits per heavy atom. The van der Waals surface area contributed by atoms with Gasteiger partial charge in [0.25, 0.3) is 0 Å². The predicted octanol–water partition coefficient (Wildman–Crippen LogP) is 6.11. The molecule has 0 saturated heterocycles. The highest BCUT2D eigenvalue weighted by atomic mass is 35.5. The van der Waals surface area contributed by atoms with E-state index in [2.05, 4.69) is 22.1 Å². The summed E-state index contributed by atoms with van der Waals surface area (Å²) in [6.45, 7) is 5.55. The molecule has 0 saturated carbocycles. The van der Waals surface area contributed by atoms with Crippen LogP contribution >= 0.6 is 23.2 Å². The van der Waals surface area contributed by atoms with E-state index in [0.29, 0.717) is 21.5 Å². The summed E-state index contributed by atoms with van der Waals surface area (Å²) >= 11 is 12.9. The zero-order valence-electron chi connectivity index (χ0n) is 18.7. The smallest absolute Gasteiger partial charge is 0.247 e. The number of carbonyl (C=O) groups excluding carboxylic acids is 1. The molecule has 6 nitrogen and oxygen atoms in total. The van der Waals surface area contributed by atoms with Crippen molar-refractivity contribution in [3.8, 4) is 22.8 Å². The molecule has 0 fully saturated rings. The lowest BCUT2D eigenvalue weighted by atomic mass is 9.80. The van der Waals surface area contributed by atoms with Gasteiger partial charge in [-0.25, -0.2) is 0 Å². The third-order valence-electron chi connectivity index (χ3n) is 6.16. The van der Waals surface area contributed by atoms with E-state index in [-0.39, 0.29) is 11.8 Å². The third kappa shape index (κ3) is 4.33. The highest BCUT2D eigenvalue weighted by molar-refractivity contribution is 6.33. The molecule has 1 atom stereocenters. The van der Waals surface area contributed by atoms with Crippen LogP contribution in [0, 0.1) is 6.92 Å². The number of amides is 1. The van der Waals surface area contributed by atoms with Crippen molar-refractivity contribution in [2.24, 2.45) is 0 Å². The van der Waals surface area contributed by atoms with Crippen LogP contribution in [0.25, 0.3) is 11.3 Å². The zero-order valence-corrected chi connectivity index (χ0v) is 20.2. The van der Waals surface area contributed by atoms with E-state index in [1.165, 1.54) is 6.08 Å². The van der Waals surface area contributed by atoms with Crippen LogP contribution < -0.4 is 14.8 Å². The van der Waals surface area contributed by atoms with Gasteiger partial charge in [-0.1, -0.05) is 29.8 Å². The summed E-state index contributed by atoms with van der Waals surface area (Å²) in [5.74, 6) is 1.24. The molecule has 4 rings (SSSR count). The number of anilines is 1. The molecule has 1 aromatic heterocycles. The summed E-state index contributed by atoms with van der Waals surface area (Å²) in [6.07, 6.45) is 3.67. The van der Waals surface area contributed by atoms with Crippen LogP contribution in [0.1, 0.15) is 34.7 Å². The van der Waals surface area contributed by atoms with Gasteiger partial charge in [0.15, 0.2) is 0 Å². The van der Waals surface area contributed by atoms with E-state index in [1.54, 1.807) is 26.4 Å². The fourth-order valence-corrected chi connectivity index (χ4v) is 5.15. The maximum Gasteiger partial charge on any atom is 0.247 e. The lowest BCUT2D eigenvalue weighted by Crippen LogP contribution is -2.15. The van der Waals surface area contributed by atoms with E-state index >= 15 is 0 Å². The van der Waals surface area contributed by atoms with Gasteiger partial charge in [-0.3, -0.25) is 9.89 Å². The maximum atomic E-state index is 11.9. The highest BCUT2D eigenvalue weighted by Gasteiger charge is 2.30. The minimum absolute atomic E-state index is 0.187. The lowest BCUT2D eigenvalue weighted by molar-refractivity contribution is -0.111. The number of nitrogens with one attached hydrogen (secondary N) is 2. The van der Waals surface area contributed by atoms with Gasteiger partial charge in [-0.05, 0) is 67.5 Å². The molecule has 172 valence electrons. The normalized spacial score (nSPS) is 15.0. The van der Waals surface area contributed by atoms with Gasteiger partial charge in [-0.2, -0.15) is 5.10 Å². The molecule has 3 aromatic rings. The Bertz CT molecular complexity index is 1210. The first kappa shape index (κ1) is 23.2. The monoisotopic (exact) mass is 485 g/mol. The van der Waals surface area contributed by atoms with Crippen molar-refractivity contribution >= 4 is 34.8 Å². The topological polar surface area (TPSA) is 76.2 Å². The Kier molecular flexibility index (Phi) is 6.68. The van der Waals surface area contributed by atoms with E-state index in [9.17, 15) is 4.79 Å². The van der Waals surface area contributed by atoms with Gasteiger partial charge in [0.1, 0.15) is 11.5 Å². The number of H-pyrrole nitrogens is 1. The van der Waals surface area contributed by atoms with Crippen LogP contribution in [0.15, 0.2) is 36.9 Å². The van der Waals surface area contributed by atoms with Crippen molar-refractivity contribution < 1.29 is 14.3 Å². The number of benzene rings is 2. The maximum absolute atomic E-state index is 11.9. The molecule has 1 amide bonds. The molecular formula is C25H25Cl2N3O3. The molecule has 2 aromatic carbocycles. The predicted molar refractivity (Wildman–Crippen MR) is 132 cm³/mol. The average Bonchev–Trinajstić information content (AvgIpc) is 3.22. The van der Waals surface area contributed by atoms with Crippen molar-refractivity contribution in [1.29, 1.82) is 0 Å². The molecule has 1 unspecified atom stereocenters. The first-order valence-corrected chi connectivity index (χ1v) is 11.3. The van der Waals surface area contributed by atoms with Crippen LogP contribution in [0.2, 0.25) is 10.0 Å². The summed E-state index contributed by atoms with van der Waals surface area (Å²) in [7, 11) is 3.25. The Labute approximate surface area is 202 Å². The summed E-state index contributed by atoms with van der Waals surface area (Å²) in [5.41, 5.74) is 6.46. The largest absolute Gasteiger partial charge is 0.496 e. The molecule has 0 aliphatic heterocycles. The van der Waals surface area contributed by atoms with Crippen molar-refractivity contribution in [2.75, 3.05) is 19.5 Å². The van der Waals surface area contributed by atoms with E-state index in [0.717, 1.165) is 58.7 Å². The molecule has 0 radical (unpaired) electrons. The Balaban J connectivity index is 1.71. The second kappa shape index (κ2) is 9.49. The van der Waals surface area contributed by atoms with Crippen LogP contribution in [0.4, 0.5) is 5.69 Å². The first-order valence-electron chi connectivity index (χ1n) is 10.6. The quantitative estimate of drug-likeness (QED) is 0.413. The van der Waals surface area contributed by atoms with Crippen LogP contribution in [-0.4, -0.2) is 30.3 Å². The van der Waals surface area contributed by atoms with Crippen molar-refractivity contribution in [2.45, 2.75) is 32.1 Å². The summed E-state index contributed by atoms with van der Waals surface area (Å²) in [4.78, 5) is 11.9. The SMILES string of the molecule is C=CC(=O)Nc1cc(Cl)ccc1-c1n[nH]c2c1CCC(c1c(C)c(OC)cc(OC)c1Cl)C2. The summed E-state index contributed by atoms with van der Waals surface area (Å²) < 4.78 is 11.0. The third-order valence-corrected chi connectivity index (χ3v) is 6.79. The standard InChI is InChI=1S/C25H25Cl2N3O3/c1-5-22(31)28-18-11-15(26)7-9-16(18)25-17-8-6-14(10-19(17)29-30-25)23-13(2)20(32-3)12-21(33-4)24(23)27/h5,7,9,11-12,14H,1,6,8,10H2,2-4H3,(H,28,31)(H,29,30). The minimum atomic E-state index is -0.305. The number of halogens is 2. The number of methoxy groups -OCH3 is 2. The number of fused-ring (bicyclic) bond motifs is 1. The minimum Gasteiger partial charge on any atom is -0.496 e. The van der Waals surface area contributed by atoms with Crippen LogP contribution in [0.3, 0.4) is 0 Å². The number of hydrogen-bond donors (Lipinski definition) is 2. The molecule has 1 heterocycles. The van der Waals surface area contributed by atoms with E-state index in [1.807, 2.05) is 19.1 Å². The van der Waals surface area contributed by atoms with E-state index < -0.39 is 0 Å². The van der Waals surface area contributed by atoms with Gasteiger partial charge >= 0.3 is 0 Å². The summed E-state index contributed by atoms with van der Waals surface area (Å²) in [5, 5.41) is 11.8. The lowest BCUT2D eigenvalue weighted by Gasteiger charge is -2.27. The molecule has 33 heavy (non-hydrogen) atoms. The average molecular weight is 486 g/mol. The highest BCUT2D eigenvalue weighted by Crippen LogP contribution is 2.46. The number of rotatable bonds is 6. The molecule has 1 aliphatic carbocycles. The molecule has 2 N–H and O–H groups in total. The van der Waals surface area contributed by atoms with Gasteiger partial charge < -0.3 is 14.8 Å². The summed E-state index contributed by atoms with van der Waals surface area (Å²) in [6, 6.07) is 7.20. The number of ether oxygens (including phenoxy) is 2. The number of aromatic nitrogens is 2. The second-order valence-corrected chi connectivity index (χ2v) is 8.80. The van der Waals surface area contributed by atoms with Gasteiger partial charge in [0, 0.05) is 27.9 Å². The first-order chi connectivity index (χ1) is 15.9. The van der Waals surface area contributed by atoms with Gasteiger partial charge in [0.2, 0.25) is 5.91 Å². The Morgan fingerprint density at radius 3 is 2.70 bits per heavy atom. The van der Waals surface area contributed by atoms with Crippen molar-refractivity contribution in [3.63, 3.8) is 0 Å². The number of aromatic amines is 1.